The van der Waals surface area contributed by atoms with Gasteiger partial charge in [0.1, 0.15) is 5.00 Å². The Labute approximate surface area is 183 Å². The lowest BCUT2D eigenvalue weighted by Crippen LogP contribution is -2.15. The number of amides is 1. The second kappa shape index (κ2) is 9.90. The molecule has 0 bridgehead atoms. The maximum atomic E-state index is 12.4. The number of hydrogen-bond acceptors (Lipinski definition) is 8. The molecule has 0 atom stereocenters. The lowest BCUT2D eigenvalue weighted by molar-refractivity contribution is -0.113. The van der Waals surface area contributed by atoms with Gasteiger partial charge in [-0.3, -0.25) is 4.79 Å². The van der Waals surface area contributed by atoms with Crippen molar-refractivity contribution in [3.63, 3.8) is 0 Å². The van der Waals surface area contributed by atoms with Crippen LogP contribution >= 0.6 is 23.1 Å². The van der Waals surface area contributed by atoms with Crippen molar-refractivity contribution in [1.82, 2.24) is 10.2 Å². The summed E-state index contributed by atoms with van der Waals surface area (Å²) < 4.78 is 10.7. The van der Waals surface area contributed by atoms with Gasteiger partial charge in [-0.05, 0) is 38.0 Å². The molecule has 1 N–H and O–H groups in total. The third kappa shape index (κ3) is 5.48. The average Bonchev–Trinajstić information content (AvgIpc) is 3.34. The van der Waals surface area contributed by atoms with Crippen LogP contribution in [0.15, 0.2) is 40.0 Å². The highest BCUT2D eigenvalue weighted by atomic mass is 32.2. The number of hydrogen-bond donors (Lipinski definition) is 1. The van der Waals surface area contributed by atoms with Gasteiger partial charge in [0.2, 0.25) is 11.8 Å². The van der Waals surface area contributed by atoms with Crippen molar-refractivity contribution >= 4 is 40.0 Å². The molecule has 1 amide bonds. The largest absolute Gasteiger partial charge is 0.462 e. The number of nitrogens with zero attached hydrogens (tertiary/aromatic N) is 2. The van der Waals surface area contributed by atoms with E-state index in [1.54, 1.807) is 13.0 Å². The third-order valence-corrected chi connectivity index (χ3v) is 6.27. The van der Waals surface area contributed by atoms with E-state index in [0.29, 0.717) is 21.7 Å². The summed E-state index contributed by atoms with van der Waals surface area (Å²) in [5.74, 6) is 0.0114. The van der Waals surface area contributed by atoms with E-state index in [9.17, 15) is 9.59 Å². The SMILES string of the molecule is CCOC(=O)c1cc(C(C)C)sc1NC(=O)CSc1nnc(-c2ccc(C)cc2)o1. The molecule has 0 aliphatic carbocycles. The van der Waals surface area contributed by atoms with Crippen molar-refractivity contribution < 1.29 is 18.7 Å². The van der Waals surface area contributed by atoms with Crippen LogP contribution in [0.3, 0.4) is 0 Å². The Hall–Kier alpha value is -2.65. The summed E-state index contributed by atoms with van der Waals surface area (Å²) in [7, 11) is 0. The van der Waals surface area contributed by atoms with Crippen LogP contribution < -0.4 is 5.32 Å². The monoisotopic (exact) mass is 445 g/mol. The number of benzene rings is 1. The van der Waals surface area contributed by atoms with Gasteiger partial charge in [0.15, 0.2) is 0 Å². The van der Waals surface area contributed by atoms with Gasteiger partial charge in [0, 0.05) is 10.4 Å². The van der Waals surface area contributed by atoms with Crippen molar-refractivity contribution in [2.45, 2.75) is 38.8 Å². The van der Waals surface area contributed by atoms with Gasteiger partial charge in [-0.15, -0.1) is 21.5 Å². The zero-order chi connectivity index (χ0) is 21.7. The van der Waals surface area contributed by atoms with Crippen LogP contribution in [0, 0.1) is 6.92 Å². The number of rotatable bonds is 8. The summed E-state index contributed by atoms with van der Waals surface area (Å²) in [5.41, 5.74) is 2.34. The summed E-state index contributed by atoms with van der Waals surface area (Å²) in [6, 6.07) is 9.52. The molecule has 3 rings (SSSR count). The van der Waals surface area contributed by atoms with Crippen molar-refractivity contribution in [1.29, 1.82) is 0 Å². The fourth-order valence-electron chi connectivity index (χ4n) is 2.52. The van der Waals surface area contributed by atoms with Crippen LogP contribution in [-0.4, -0.2) is 34.4 Å². The minimum absolute atomic E-state index is 0.0761. The van der Waals surface area contributed by atoms with Crippen LogP contribution in [0.2, 0.25) is 0 Å². The van der Waals surface area contributed by atoms with Crippen molar-refractivity contribution in [3.05, 3.63) is 46.3 Å². The summed E-state index contributed by atoms with van der Waals surface area (Å²) in [4.78, 5) is 25.7. The first-order valence-electron chi connectivity index (χ1n) is 9.51. The number of thioether (sulfide) groups is 1. The Kier molecular flexibility index (Phi) is 7.28. The molecule has 0 saturated heterocycles. The number of esters is 1. The van der Waals surface area contributed by atoms with E-state index in [1.807, 2.05) is 45.0 Å². The zero-order valence-corrected chi connectivity index (χ0v) is 18.9. The smallest absolute Gasteiger partial charge is 0.341 e. The molecule has 0 aliphatic rings. The van der Waals surface area contributed by atoms with Crippen molar-refractivity contribution in [2.24, 2.45) is 0 Å². The van der Waals surface area contributed by atoms with E-state index in [1.165, 1.54) is 11.3 Å². The molecule has 0 unspecified atom stereocenters. The summed E-state index contributed by atoms with van der Waals surface area (Å²) in [6.45, 7) is 8.09. The number of aromatic nitrogens is 2. The van der Waals surface area contributed by atoms with Crippen LogP contribution in [-0.2, 0) is 9.53 Å². The second-order valence-electron chi connectivity index (χ2n) is 6.84. The van der Waals surface area contributed by atoms with Gasteiger partial charge in [-0.1, -0.05) is 43.3 Å². The minimum Gasteiger partial charge on any atom is -0.462 e. The maximum Gasteiger partial charge on any atom is 0.341 e. The molecule has 3 aromatic rings. The minimum atomic E-state index is -0.441. The molecule has 0 spiro atoms. The lowest BCUT2D eigenvalue weighted by atomic mass is 10.1. The molecule has 2 aromatic heterocycles. The molecule has 1 aromatic carbocycles. The molecule has 9 heteroatoms. The number of anilines is 1. The number of ether oxygens (including phenoxy) is 1. The first-order chi connectivity index (χ1) is 14.4. The van der Waals surface area contributed by atoms with Gasteiger partial charge in [-0.25, -0.2) is 4.79 Å². The molecule has 2 heterocycles. The Morgan fingerprint density at radius 3 is 2.63 bits per heavy atom. The molecule has 0 fully saturated rings. The molecule has 30 heavy (non-hydrogen) atoms. The van der Waals surface area contributed by atoms with Gasteiger partial charge in [0.25, 0.3) is 5.22 Å². The average molecular weight is 446 g/mol. The zero-order valence-electron chi connectivity index (χ0n) is 17.2. The highest BCUT2D eigenvalue weighted by molar-refractivity contribution is 7.99. The van der Waals surface area contributed by atoms with Crippen molar-refractivity contribution in [3.8, 4) is 11.5 Å². The topological polar surface area (TPSA) is 94.3 Å². The Morgan fingerprint density at radius 1 is 1.23 bits per heavy atom. The van der Waals surface area contributed by atoms with Crippen LogP contribution in [0.5, 0.6) is 0 Å². The molecule has 0 saturated carbocycles. The molecular weight excluding hydrogens is 422 g/mol. The number of carbonyl (C=O) groups excluding carboxylic acids is 2. The van der Waals surface area contributed by atoms with E-state index >= 15 is 0 Å². The van der Waals surface area contributed by atoms with Gasteiger partial charge in [-0.2, -0.15) is 0 Å². The summed E-state index contributed by atoms with van der Waals surface area (Å²) in [6.07, 6.45) is 0. The molecule has 0 radical (unpaired) electrons. The van der Waals surface area contributed by atoms with E-state index in [2.05, 4.69) is 15.5 Å². The van der Waals surface area contributed by atoms with E-state index in [4.69, 9.17) is 9.15 Å². The summed E-state index contributed by atoms with van der Waals surface area (Å²) >= 11 is 2.52. The Balaban J connectivity index is 1.63. The number of aryl methyl sites for hydroxylation is 1. The van der Waals surface area contributed by atoms with Crippen LogP contribution in [0.1, 0.15) is 47.5 Å². The highest BCUT2D eigenvalue weighted by Crippen LogP contribution is 2.33. The maximum absolute atomic E-state index is 12.4. The fourth-order valence-corrected chi connectivity index (χ4v) is 4.15. The lowest BCUT2D eigenvalue weighted by Gasteiger charge is -2.05. The van der Waals surface area contributed by atoms with E-state index in [-0.39, 0.29) is 24.2 Å². The third-order valence-electron chi connectivity index (χ3n) is 4.10. The van der Waals surface area contributed by atoms with Crippen LogP contribution in [0.25, 0.3) is 11.5 Å². The van der Waals surface area contributed by atoms with Crippen LogP contribution in [0.4, 0.5) is 5.00 Å². The molecular formula is C21H23N3O4S2. The first kappa shape index (κ1) is 22.0. The fraction of sp³-hybridized carbons (Fsp3) is 0.333. The predicted molar refractivity (Wildman–Crippen MR) is 118 cm³/mol. The Morgan fingerprint density at radius 2 is 1.97 bits per heavy atom. The van der Waals surface area contributed by atoms with Gasteiger partial charge >= 0.3 is 5.97 Å². The predicted octanol–water partition coefficient (Wildman–Crippen LogP) is 5.14. The van der Waals surface area contributed by atoms with Gasteiger partial charge < -0.3 is 14.5 Å². The quantitative estimate of drug-likeness (QED) is 0.379. The highest BCUT2D eigenvalue weighted by Gasteiger charge is 2.20. The Bertz CT molecular complexity index is 1030. The standard InChI is InChI=1S/C21H23N3O4S2/c1-5-27-20(26)15-10-16(12(2)3)30-19(15)22-17(25)11-29-21-24-23-18(28-21)14-8-6-13(4)7-9-14/h6-10,12H,5,11H2,1-4H3,(H,22,25). The van der Waals surface area contributed by atoms with Gasteiger partial charge in [0.05, 0.1) is 17.9 Å². The van der Waals surface area contributed by atoms with Crippen molar-refractivity contribution in [2.75, 3.05) is 17.7 Å². The van der Waals surface area contributed by atoms with E-state index < -0.39 is 5.97 Å². The normalized spacial score (nSPS) is 11.0. The first-order valence-corrected chi connectivity index (χ1v) is 11.3. The molecule has 7 nitrogen and oxygen atoms in total. The number of nitrogens with one attached hydrogen (secondary N) is 1. The second-order valence-corrected chi connectivity index (χ2v) is 8.85. The van der Waals surface area contributed by atoms with E-state index in [0.717, 1.165) is 27.8 Å². The number of thiophene rings is 1. The number of carbonyl (C=O) groups is 2. The summed E-state index contributed by atoms with van der Waals surface area (Å²) in [5, 5.41) is 11.6. The molecule has 0 aliphatic heterocycles. The molecule has 158 valence electrons.